The van der Waals surface area contributed by atoms with Crippen LogP contribution in [0.3, 0.4) is 0 Å². The molecule has 0 aromatic rings. The molecule has 2 atom stereocenters. The van der Waals surface area contributed by atoms with Gasteiger partial charge in [-0.25, -0.2) is 0 Å². The molecule has 0 bridgehead atoms. The molecule has 2 unspecified atom stereocenters. The Morgan fingerprint density at radius 2 is 2.11 bits per heavy atom. The van der Waals surface area contributed by atoms with E-state index in [1.807, 2.05) is 0 Å². The number of hydrogen-bond donors (Lipinski definition) is 1. The molecular weight excluding hydrogens is 136 g/mol. The molecule has 0 radical (unpaired) electrons. The number of hydrogen-bond acceptors (Lipinski definition) is 1. The minimum absolute atomic E-state index is 0. The highest BCUT2D eigenvalue weighted by atomic mass is 35.5. The summed E-state index contributed by atoms with van der Waals surface area (Å²) >= 11 is 0. The average molecular weight is 149 g/mol. The van der Waals surface area contributed by atoms with Crippen LogP contribution < -0.4 is 17.3 Å². The van der Waals surface area contributed by atoms with Gasteiger partial charge in [0.2, 0.25) is 0 Å². The lowest BCUT2D eigenvalue weighted by molar-refractivity contribution is -0.854. The molecule has 0 aliphatic carbocycles. The van der Waals surface area contributed by atoms with E-state index in [-0.39, 0.29) is 12.4 Å². The molecule has 0 aromatic heterocycles. The first-order chi connectivity index (χ1) is 3.72. The first-order valence-corrected chi connectivity index (χ1v) is 2.95. The molecule has 54 valence electrons. The van der Waals surface area contributed by atoms with Crippen molar-refractivity contribution in [2.75, 3.05) is 14.1 Å². The van der Waals surface area contributed by atoms with Gasteiger partial charge in [-0.05, 0) is 0 Å². The Balaban J connectivity index is 0.000000640. The molecule has 1 aliphatic rings. The van der Waals surface area contributed by atoms with E-state index in [9.17, 15) is 0 Å². The standard InChI is InChI=1S/C6H12N2.ClH/c1-6-7(2)4-5-8(6)3;/h4-6H,1-3H3;1H. The van der Waals surface area contributed by atoms with E-state index >= 15 is 0 Å². The van der Waals surface area contributed by atoms with Gasteiger partial charge in [0.05, 0.1) is 13.2 Å². The van der Waals surface area contributed by atoms with Gasteiger partial charge < -0.3 is 17.3 Å². The molecule has 0 spiro atoms. The van der Waals surface area contributed by atoms with Crippen molar-refractivity contribution in [1.82, 2.24) is 4.90 Å². The van der Waals surface area contributed by atoms with Gasteiger partial charge in [-0.2, -0.15) is 0 Å². The molecule has 0 saturated heterocycles. The number of rotatable bonds is 0. The van der Waals surface area contributed by atoms with E-state index in [0.717, 1.165) is 0 Å². The van der Waals surface area contributed by atoms with E-state index < -0.39 is 0 Å². The zero-order valence-electron chi connectivity index (χ0n) is 6.06. The zero-order chi connectivity index (χ0) is 6.15. The molecular formula is C6H13ClN2. The SMILES string of the molecule is CC1N(C)C=C[NH+]1C.[Cl-]. The predicted octanol–water partition coefficient (Wildman–Crippen LogP) is -3.73. The van der Waals surface area contributed by atoms with Gasteiger partial charge in [0, 0.05) is 14.0 Å². The van der Waals surface area contributed by atoms with Crippen LogP contribution in [0.5, 0.6) is 0 Å². The third-order valence-corrected chi connectivity index (χ3v) is 1.84. The van der Waals surface area contributed by atoms with Crippen molar-refractivity contribution >= 4 is 0 Å². The van der Waals surface area contributed by atoms with Crippen LogP contribution in [-0.2, 0) is 0 Å². The molecule has 1 heterocycles. The van der Waals surface area contributed by atoms with Crippen LogP contribution in [0.1, 0.15) is 6.92 Å². The topological polar surface area (TPSA) is 7.68 Å². The Labute approximate surface area is 62.5 Å². The number of nitrogens with one attached hydrogen (secondary N) is 1. The minimum atomic E-state index is 0. The Bertz CT molecular complexity index is 102. The van der Waals surface area contributed by atoms with Crippen LogP contribution in [0.15, 0.2) is 12.4 Å². The van der Waals surface area contributed by atoms with E-state index in [0.29, 0.717) is 6.17 Å². The summed E-state index contributed by atoms with van der Waals surface area (Å²) < 4.78 is 0. The molecule has 0 fully saturated rings. The van der Waals surface area contributed by atoms with Crippen LogP contribution in [0.4, 0.5) is 0 Å². The molecule has 0 amide bonds. The number of nitrogens with zero attached hydrogens (tertiary/aromatic N) is 1. The highest BCUT2D eigenvalue weighted by Gasteiger charge is 2.18. The van der Waals surface area contributed by atoms with Crippen molar-refractivity contribution in [2.24, 2.45) is 0 Å². The molecule has 0 aromatic carbocycles. The van der Waals surface area contributed by atoms with Crippen LogP contribution in [0.2, 0.25) is 0 Å². The maximum atomic E-state index is 2.20. The van der Waals surface area contributed by atoms with Crippen molar-refractivity contribution < 1.29 is 17.3 Å². The van der Waals surface area contributed by atoms with Gasteiger partial charge in [-0.1, -0.05) is 0 Å². The summed E-state index contributed by atoms with van der Waals surface area (Å²) in [6.45, 7) is 2.20. The number of halogens is 1. The van der Waals surface area contributed by atoms with Crippen molar-refractivity contribution in [3.63, 3.8) is 0 Å². The summed E-state index contributed by atoms with van der Waals surface area (Å²) in [6, 6.07) is 0. The maximum Gasteiger partial charge on any atom is 0.163 e. The maximum absolute atomic E-state index is 2.20. The van der Waals surface area contributed by atoms with E-state index in [2.05, 4.69) is 38.3 Å². The van der Waals surface area contributed by atoms with Crippen molar-refractivity contribution in [3.8, 4) is 0 Å². The summed E-state index contributed by atoms with van der Waals surface area (Å²) in [5.41, 5.74) is 0. The van der Waals surface area contributed by atoms with Gasteiger partial charge >= 0.3 is 0 Å². The van der Waals surface area contributed by atoms with Gasteiger partial charge in [-0.15, -0.1) is 0 Å². The highest BCUT2D eigenvalue weighted by Crippen LogP contribution is 1.91. The molecule has 1 N–H and O–H groups in total. The van der Waals surface area contributed by atoms with Crippen molar-refractivity contribution in [1.29, 1.82) is 0 Å². The number of quaternary nitrogens is 1. The summed E-state index contributed by atoms with van der Waals surface area (Å²) in [4.78, 5) is 3.66. The average Bonchev–Trinajstić information content (AvgIpc) is 1.98. The van der Waals surface area contributed by atoms with Gasteiger partial charge in [0.1, 0.15) is 6.20 Å². The lowest BCUT2D eigenvalue weighted by Gasteiger charge is -2.17. The fraction of sp³-hybridized carbons (Fsp3) is 0.667. The lowest BCUT2D eigenvalue weighted by Crippen LogP contribution is -3.07. The monoisotopic (exact) mass is 148 g/mol. The first-order valence-electron chi connectivity index (χ1n) is 2.95. The third kappa shape index (κ3) is 1.60. The van der Waals surface area contributed by atoms with E-state index in [1.54, 1.807) is 0 Å². The molecule has 2 nitrogen and oxygen atoms in total. The second kappa shape index (κ2) is 3.08. The van der Waals surface area contributed by atoms with Gasteiger partial charge in [0.15, 0.2) is 6.17 Å². The normalized spacial score (nSPS) is 32.6. The zero-order valence-corrected chi connectivity index (χ0v) is 6.81. The molecule has 9 heavy (non-hydrogen) atoms. The van der Waals surface area contributed by atoms with Crippen LogP contribution >= 0.6 is 0 Å². The fourth-order valence-electron chi connectivity index (χ4n) is 0.825. The Kier molecular flexibility index (Phi) is 3.01. The smallest absolute Gasteiger partial charge is 0.163 e. The van der Waals surface area contributed by atoms with Gasteiger partial charge in [-0.3, -0.25) is 4.90 Å². The molecule has 1 rings (SSSR count). The molecule has 1 aliphatic heterocycles. The first kappa shape index (κ1) is 8.79. The second-order valence-corrected chi connectivity index (χ2v) is 2.40. The summed E-state index contributed by atoms with van der Waals surface area (Å²) in [7, 11) is 4.25. The third-order valence-electron chi connectivity index (χ3n) is 1.84. The van der Waals surface area contributed by atoms with Crippen molar-refractivity contribution in [2.45, 2.75) is 13.1 Å². The van der Waals surface area contributed by atoms with Crippen LogP contribution in [0.25, 0.3) is 0 Å². The van der Waals surface area contributed by atoms with Crippen LogP contribution in [-0.4, -0.2) is 25.2 Å². The summed E-state index contributed by atoms with van der Waals surface area (Å²) in [5.74, 6) is 0. The summed E-state index contributed by atoms with van der Waals surface area (Å²) in [5, 5.41) is 0. The Morgan fingerprint density at radius 1 is 1.56 bits per heavy atom. The molecule has 3 heteroatoms. The predicted molar refractivity (Wildman–Crippen MR) is 33.3 cm³/mol. The largest absolute Gasteiger partial charge is 1.00 e. The second-order valence-electron chi connectivity index (χ2n) is 2.40. The van der Waals surface area contributed by atoms with E-state index in [4.69, 9.17) is 0 Å². The Hall–Kier alpha value is -0.210. The molecule has 0 saturated carbocycles. The highest BCUT2D eigenvalue weighted by molar-refractivity contribution is 4.78. The lowest BCUT2D eigenvalue weighted by atomic mass is 10.5. The Morgan fingerprint density at radius 3 is 2.22 bits per heavy atom. The fourth-order valence-corrected chi connectivity index (χ4v) is 0.825. The van der Waals surface area contributed by atoms with Crippen molar-refractivity contribution in [3.05, 3.63) is 12.4 Å². The van der Waals surface area contributed by atoms with E-state index in [1.165, 1.54) is 4.90 Å². The quantitative estimate of drug-likeness (QED) is 0.371. The summed E-state index contributed by atoms with van der Waals surface area (Å²) in [6.07, 6.45) is 4.89. The van der Waals surface area contributed by atoms with Crippen LogP contribution in [0, 0.1) is 0 Å². The van der Waals surface area contributed by atoms with Gasteiger partial charge in [0.25, 0.3) is 0 Å². The minimum Gasteiger partial charge on any atom is -1.00 e.